The van der Waals surface area contributed by atoms with Crippen LogP contribution in [0.1, 0.15) is 31.5 Å². The number of amides is 2. The van der Waals surface area contributed by atoms with E-state index in [1.54, 1.807) is 13.4 Å². The molecule has 1 aliphatic carbocycles. The van der Waals surface area contributed by atoms with Crippen LogP contribution in [0.4, 0.5) is 9.52 Å². The second kappa shape index (κ2) is 13.8. The smallest absolute Gasteiger partial charge is 0.353 e. The first-order valence-electron chi connectivity index (χ1n) is 12.8. The lowest BCUT2D eigenvalue weighted by Gasteiger charge is -2.49. The Balaban J connectivity index is 1.40. The molecule has 1 aromatic rings. The number of nitrogens with zero attached hydrogens (tertiary/aromatic N) is 7. The zero-order chi connectivity index (χ0) is 29.5. The van der Waals surface area contributed by atoms with E-state index in [9.17, 15) is 23.9 Å². The van der Waals surface area contributed by atoms with E-state index in [2.05, 4.69) is 34.8 Å². The molecule has 0 bridgehead atoms. The summed E-state index contributed by atoms with van der Waals surface area (Å²) in [7, 11) is 1.68. The van der Waals surface area contributed by atoms with Gasteiger partial charge in [0.1, 0.15) is 23.5 Å². The summed E-state index contributed by atoms with van der Waals surface area (Å²) < 4.78 is 16.4. The van der Waals surface area contributed by atoms with Crippen molar-refractivity contribution < 1.29 is 28.7 Å². The summed E-state index contributed by atoms with van der Waals surface area (Å²) in [5.74, 6) is -1.81. The van der Waals surface area contributed by atoms with Gasteiger partial charge in [0.15, 0.2) is 5.13 Å². The van der Waals surface area contributed by atoms with Crippen LogP contribution >= 0.6 is 23.3 Å². The highest BCUT2D eigenvalue weighted by molar-refractivity contribution is 8.00. The Kier molecular flexibility index (Phi) is 10.2. The third-order valence-corrected chi connectivity index (χ3v) is 8.64. The van der Waals surface area contributed by atoms with E-state index in [4.69, 9.17) is 11.5 Å². The summed E-state index contributed by atoms with van der Waals surface area (Å²) >= 11 is 2.04. The van der Waals surface area contributed by atoms with Crippen molar-refractivity contribution in [3.63, 3.8) is 0 Å². The molecule has 0 aromatic carbocycles. The van der Waals surface area contributed by atoms with Gasteiger partial charge in [0.05, 0.1) is 6.21 Å². The van der Waals surface area contributed by atoms with Gasteiger partial charge in [-0.25, -0.2) is 9.18 Å². The number of carboxylic acid groups (broad SMARTS) is 1. The second-order valence-corrected chi connectivity index (χ2v) is 11.5. The molecule has 2 amide bonds. The number of carboxylic acids is 1. The van der Waals surface area contributed by atoms with Crippen molar-refractivity contribution in [1.29, 1.82) is 0 Å². The number of alkyl halides is 1. The first-order chi connectivity index (χ1) is 19.7. The van der Waals surface area contributed by atoms with Crippen LogP contribution in [0.2, 0.25) is 0 Å². The van der Waals surface area contributed by atoms with E-state index < -0.39 is 41.8 Å². The number of rotatable bonds is 12. The Hall–Kier alpha value is -3.64. The van der Waals surface area contributed by atoms with Gasteiger partial charge in [-0.05, 0) is 37.6 Å². The Labute approximate surface area is 243 Å². The minimum atomic E-state index is -1.31. The average molecular weight is 611 g/mol. The Morgan fingerprint density at radius 2 is 2.15 bits per heavy atom. The van der Waals surface area contributed by atoms with Gasteiger partial charge in [0.25, 0.3) is 18.7 Å². The molecule has 3 unspecified atom stereocenters. The van der Waals surface area contributed by atoms with Gasteiger partial charge in [-0.1, -0.05) is 11.6 Å². The number of oxime groups is 1. The molecule has 2 fully saturated rings. The molecule has 1 saturated carbocycles. The third kappa shape index (κ3) is 7.17. The van der Waals surface area contributed by atoms with Crippen LogP contribution in [0.15, 0.2) is 26.5 Å². The zero-order valence-electron chi connectivity index (χ0n) is 22.2. The topological polar surface area (TPSA) is 214 Å². The molecule has 4 atom stereocenters. The second-order valence-electron chi connectivity index (χ2n) is 9.61. The van der Waals surface area contributed by atoms with Crippen LogP contribution in [0.5, 0.6) is 0 Å². The van der Waals surface area contributed by atoms with E-state index in [-0.39, 0.29) is 22.4 Å². The lowest BCUT2D eigenvalue weighted by molar-refractivity contribution is -0.150. The normalized spacial score (nSPS) is 24.9. The first-order valence-corrected chi connectivity index (χ1v) is 14.6. The van der Waals surface area contributed by atoms with Crippen LogP contribution in [0.25, 0.3) is 0 Å². The number of hydrogen-bond acceptors (Lipinski definition) is 13. The maximum atomic E-state index is 13.0. The van der Waals surface area contributed by atoms with Crippen molar-refractivity contribution >= 4 is 64.5 Å². The number of carbonyl (C=O) groups excluding carboxylic acids is 2. The quantitative estimate of drug-likeness (QED) is 0.109. The molecule has 15 nitrogen and oxygen atoms in total. The predicted molar refractivity (Wildman–Crippen MR) is 152 cm³/mol. The maximum absolute atomic E-state index is 13.0. The van der Waals surface area contributed by atoms with Crippen molar-refractivity contribution in [3.8, 4) is 0 Å². The fourth-order valence-electron chi connectivity index (χ4n) is 4.84. The molecule has 41 heavy (non-hydrogen) atoms. The van der Waals surface area contributed by atoms with E-state index in [1.165, 1.54) is 23.0 Å². The number of carbonyl (C=O) groups is 3. The predicted octanol–water partition coefficient (Wildman–Crippen LogP) is 0.218. The molecule has 3 aliphatic rings. The number of nitrogens with two attached hydrogens (primary N) is 2. The largest absolute Gasteiger partial charge is 0.477 e. The van der Waals surface area contributed by atoms with Gasteiger partial charge < -0.3 is 26.7 Å². The van der Waals surface area contributed by atoms with Gasteiger partial charge in [-0.3, -0.25) is 24.5 Å². The molecule has 1 aromatic heterocycles. The number of halogens is 1. The summed E-state index contributed by atoms with van der Waals surface area (Å²) in [6, 6.07) is -1.07. The van der Waals surface area contributed by atoms with Crippen LogP contribution in [-0.2, 0) is 19.2 Å². The van der Waals surface area contributed by atoms with E-state index in [1.807, 2.05) is 0 Å². The Morgan fingerprint density at radius 1 is 1.37 bits per heavy atom. The third-order valence-electron chi connectivity index (χ3n) is 6.79. The van der Waals surface area contributed by atoms with Gasteiger partial charge >= 0.3 is 5.97 Å². The highest BCUT2D eigenvalue weighted by Crippen LogP contribution is 2.40. The van der Waals surface area contributed by atoms with E-state index in [0.717, 1.165) is 42.1 Å². The summed E-state index contributed by atoms with van der Waals surface area (Å²) in [4.78, 5) is 51.7. The van der Waals surface area contributed by atoms with Crippen molar-refractivity contribution in [3.05, 3.63) is 17.1 Å². The number of aromatic nitrogens is 2. The number of β-lactam (4-membered cyclic amide) rings is 1. The fraction of sp³-hybridized carbons (Fsp3) is 0.565. The summed E-state index contributed by atoms with van der Waals surface area (Å²) in [6.45, 7) is 0.0603. The van der Waals surface area contributed by atoms with Crippen molar-refractivity contribution in [2.75, 3.05) is 38.5 Å². The van der Waals surface area contributed by atoms with Crippen LogP contribution in [0, 0.1) is 11.8 Å². The van der Waals surface area contributed by atoms with Crippen LogP contribution in [-0.4, -0.2) is 105 Å². The number of thioether (sulfide) groups is 1. The van der Waals surface area contributed by atoms with Crippen molar-refractivity contribution in [2.45, 2.75) is 37.1 Å². The highest BCUT2D eigenvalue weighted by atomic mass is 32.2. The lowest BCUT2D eigenvalue weighted by Crippen LogP contribution is -2.71. The minimum absolute atomic E-state index is 0.0432. The number of nitrogens with one attached hydrogen (secondary N) is 1. The lowest BCUT2D eigenvalue weighted by atomic mass is 9.81. The van der Waals surface area contributed by atoms with Crippen LogP contribution in [0.3, 0.4) is 0 Å². The fourth-order valence-corrected chi connectivity index (χ4v) is 6.57. The monoisotopic (exact) mass is 610 g/mol. The molecule has 4 rings (SSSR count). The van der Waals surface area contributed by atoms with Gasteiger partial charge in [0, 0.05) is 36.5 Å². The minimum Gasteiger partial charge on any atom is -0.477 e. The molecule has 3 heterocycles. The molecule has 0 spiro atoms. The molecule has 0 radical (unpaired) electrons. The Morgan fingerprint density at radius 3 is 2.83 bits per heavy atom. The molecule has 222 valence electrons. The van der Waals surface area contributed by atoms with Crippen LogP contribution < -0.4 is 16.8 Å². The Bertz CT molecular complexity index is 1270. The molecule has 18 heteroatoms. The number of hydrogen-bond donors (Lipinski definition) is 4. The molecule has 2 aliphatic heterocycles. The van der Waals surface area contributed by atoms with Crippen molar-refractivity contribution in [2.24, 2.45) is 32.8 Å². The SMILES string of the molecule is CN(C=NCC1CCCC(CN)C1)N=CC1=C(C(=O)O)N2C(=O)C(NC(=O)C(=NOCF)c3nsc(N)n3)[C@@H]2SC1. The van der Waals surface area contributed by atoms with Gasteiger partial charge in [0.2, 0.25) is 11.5 Å². The molecular weight excluding hydrogens is 579 g/mol. The average Bonchev–Trinajstić information content (AvgIpc) is 3.40. The summed E-state index contributed by atoms with van der Waals surface area (Å²) in [6.07, 6.45) is 7.48. The first kappa shape index (κ1) is 30.3. The maximum Gasteiger partial charge on any atom is 0.353 e. The standard InChI is InChI=1S/C23H31FN10O5S2/c1-33(11-27-7-13-4-2-3-12(5-13)6-25)28-8-14-9-40-21-16(20(36)34(21)17(14)22(37)38)29-19(35)15(31-39-10-24)18-30-23(26)41-32-18/h8,11-13,16,21H,2-7,9-10,25H2,1H3,(H,29,35)(H,37,38)(H2,26,30,32)/t12?,13?,16?,21-/m0/s1. The summed E-state index contributed by atoms with van der Waals surface area (Å²) in [5, 5.41) is 20.9. The zero-order valence-corrected chi connectivity index (χ0v) is 23.8. The number of aliphatic carboxylic acids is 1. The number of hydrazone groups is 1. The molecule has 6 N–H and O–H groups in total. The number of anilines is 1. The molecular formula is C23H31FN10O5S2. The number of nitrogen functional groups attached to an aromatic ring is 1. The van der Waals surface area contributed by atoms with E-state index >= 15 is 0 Å². The summed E-state index contributed by atoms with van der Waals surface area (Å²) in [5.41, 5.74) is 11.0. The molecule has 1 saturated heterocycles. The van der Waals surface area contributed by atoms with Gasteiger partial charge in [-0.2, -0.15) is 14.5 Å². The van der Waals surface area contributed by atoms with Crippen molar-refractivity contribution in [1.82, 2.24) is 24.6 Å². The highest BCUT2D eigenvalue weighted by Gasteiger charge is 2.54. The van der Waals surface area contributed by atoms with Gasteiger partial charge in [-0.15, -0.1) is 11.8 Å². The number of aliphatic imine (C=N–C) groups is 1. The van der Waals surface area contributed by atoms with E-state index in [0.29, 0.717) is 30.5 Å². The number of fused-ring (bicyclic) bond motifs is 1.